The highest BCUT2D eigenvalue weighted by Gasteiger charge is 2.10. The molecule has 1 N–H and O–H groups in total. The highest BCUT2D eigenvalue weighted by molar-refractivity contribution is 5.27. The second kappa shape index (κ2) is 6.65. The predicted molar refractivity (Wildman–Crippen MR) is 71.4 cm³/mol. The lowest BCUT2D eigenvalue weighted by Crippen LogP contribution is -2.16. The maximum Gasteiger partial charge on any atom is 0.119 e. The van der Waals surface area contributed by atoms with Gasteiger partial charge in [0.15, 0.2) is 0 Å². The van der Waals surface area contributed by atoms with E-state index in [9.17, 15) is 0 Å². The molecule has 0 bridgehead atoms. The van der Waals surface area contributed by atoms with Gasteiger partial charge in [0, 0.05) is 6.61 Å². The molecule has 0 spiro atoms. The molecule has 2 heteroatoms. The van der Waals surface area contributed by atoms with E-state index < -0.39 is 0 Å². The topological polar surface area (TPSA) is 29.5 Å². The molecule has 0 aliphatic heterocycles. The SMILES string of the molecule is CC(C)(C)COc1ccc(CCCCO)cc1. The first-order chi connectivity index (χ1) is 8.01. The fourth-order valence-corrected chi connectivity index (χ4v) is 1.49. The number of benzene rings is 1. The lowest BCUT2D eigenvalue weighted by molar-refractivity contribution is 0.198. The summed E-state index contributed by atoms with van der Waals surface area (Å²) in [6, 6.07) is 8.27. The Morgan fingerprint density at radius 1 is 1.06 bits per heavy atom. The lowest BCUT2D eigenvalue weighted by Gasteiger charge is -2.18. The van der Waals surface area contributed by atoms with Crippen LogP contribution in [0.15, 0.2) is 24.3 Å². The minimum atomic E-state index is 0.194. The summed E-state index contributed by atoms with van der Waals surface area (Å²) in [5, 5.41) is 8.71. The van der Waals surface area contributed by atoms with Gasteiger partial charge in [0.05, 0.1) is 6.61 Å². The van der Waals surface area contributed by atoms with Crippen molar-refractivity contribution < 1.29 is 9.84 Å². The van der Waals surface area contributed by atoms with Crippen molar-refractivity contribution in [3.05, 3.63) is 29.8 Å². The quantitative estimate of drug-likeness (QED) is 0.767. The zero-order chi connectivity index (χ0) is 12.7. The molecular formula is C15H24O2. The third kappa shape index (κ3) is 6.32. The van der Waals surface area contributed by atoms with Gasteiger partial charge in [0.25, 0.3) is 0 Å². The summed E-state index contributed by atoms with van der Waals surface area (Å²) in [6.45, 7) is 7.51. The number of rotatable bonds is 6. The Hall–Kier alpha value is -1.02. The fourth-order valence-electron chi connectivity index (χ4n) is 1.49. The Balaban J connectivity index is 2.39. The van der Waals surface area contributed by atoms with Gasteiger partial charge in [0.1, 0.15) is 5.75 Å². The third-order valence-corrected chi connectivity index (χ3v) is 2.47. The molecule has 0 saturated carbocycles. The third-order valence-electron chi connectivity index (χ3n) is 2.47. The van der Waals surface area contributed by atoms with E-state index in [-0.39, 0.29) is 12.0 Å². The number of hydrogen-bond donors (Lipinski definition) is 1. The van der Waals surface area contributed by atoms with E-state index in [0.717, 1.165) is 31.6 Å². The molecule has 0 unspecified atom stereocenters. The summed E-state index contributed by atoms with van der Waals surface area (Å²) in [6.07, 6.45) is 2.95. The molecule has 1 rings (SSSR count). The van der Waals surface area contributed by atoms with Gasteiger partial charge >= 0.3 is 0 Å². The summed E-state index contributed by atoms with van der Waals surface area (Å²) >= 11 is 0. The Morgan fingerprint density at radius 3 is 2.24 bits per heavy atom. The van der Waals surface area contributed by atoms with Crippen LogP contribution < -0.4 is 4.74 Å². The zero-order valence-electron chi connectivity index (χ0n) is 11.2. The average molecular weight is 236 g/mol. The van der Waals surface area contributed by atoms with Crippen molar-refractivity contribution >= 4 is 0 Å². The van der Waals surface area contributed by atoms with Crippen LogP contribution >= 0.6 is 0 Å². The normalized spacial score (nSPS) is 11.5. The van der Waals surface area contributed by atoms with E-state index in [1.807, 2.05) is 12.1 Å². The van der Waals surface area contributed by atoms with Crippen molar-refractivity contribution in [1.82, 2.24) is 0 Å². The maximum absolute atomic E-state index is 8.71. The Kier molecular flexibility index (Phi) is 5.49. The number of aryl methyl sites for hydroxylation is 1. The molecule has 1 aromatic rings. The smallest absolute Gasteiger partial charge is 0.119 e. The van der Waals surface area contributed by atoms with Crippen LogP contribution in [0.2, 0.25) is 0 Å². The molecule has 0 fully saturated rings. The highest BCUT2D eigenvalue weighted by Crippen LogP contribution is 2.18. The fraction of sp³-hybridized carbons (Fsp3) is 0.600. The Morgan fingerprint density at radius 2 is 1.71 bits per heavy atom. The van der Waals surface area contributed by atoms with Crippen LogP contribution in [0, 0.1) is 5.41 Å². The van der Waals surface area contributed by atoms with E-state index >= 15 is 0 Å². The maximum atomic E-state index is 8.71. The molecule has 1 aromatic carbocycles. The van der Waals surface area contributed by atoms with Crippen LogP contribution in [0.4, 0.5) is 0 Å². The first-order valence-corrected chi connectivity index (χ1v) is 6.34. The van der Waals surface area contributed by atoms with Crippen LogP contribution in [0.3, 0.4) is 0 Å². The van der Waals surface area contributed by atoms with Crippen molar-refractivity contribution in [1.29, 1.82) is 0 Å². The van der Waals surface area contributed by atoms with Crippen LogP contribution in [-0.2, 0) is 6.42 Å². The van der Waals surface area contributed by atoms with Crippen LogP contribution in [-0.4, -0.2) is 18.3 Å². The lowest BCUT2D eigenvalue weighted by atomic mass is 9.99. The molecule has 17 heavy (non-hydrogen) atoms. The van der Waals surface area contributed by atoms with E-state index in [1.165, 1.54) is 5.56 Å². The highest BCUT2D eigenvalue weighted by atomic mass is 16.5. The molecule has 0 atom stereocenters. The molecule has 0 amide bonds. The number of unbranched alkanes of at least 4 members (excludes halogenated alkanes) is 1. The van der Waals surface area contributed by atoms with Crippen LogP contribution in [0.1, 0.15) is 39.2 Å². The molecule has 0 radical (unpaired) electrons. The molecule has 2 nitrogen and oxygen atoms in total. The zero-order valence-corrected chi connectivity index (χ0v) is 11.2. The minimum absolute atomic E-state index is 0.194. The molecule has 0 aliphatic carbocycles. The van der Waals surface area contributed by atoms with Crippen LogP contribution in [0.25, 0.3) is 0 Å². The monoisotopic (exact) mass is 236 g/mol. The molecule has 0 heterocycles. The van der Waals surface area contributed by atoms with Crippen molar-refractivity contribution in [2.24, 2.45) is 5.41 Å². The van der Waals surface area contributed by atoms with E-state index in [2.05, 4.69) is 32.9 Å². The van der Waals surface area contributed by atoms with Crippen molar-refractivity contribution in [2.45, 2.75) is 40.0 Å². The summed E-state index contributed by atoms with van der Waals surface area (Å²) < 4.78 is 5.71. The molecular weight excluding hydrogens is 212 g/mol. The van der Waals surface area contributed by atoms with Gasteiger partial charge in [-0.15, -0.1) is 0 Å². The van der Waals surface area contributed by atoms with Gasteiger partial charge in [-0.1, -0.05) is 32.9 Å². The standard InChI is InChI=1S/C15H24O2/c1-15(2,3)12-17-14-9-7-13(8-10-14)6-4-5-11-16/h7-10,16H,4-6,11-12H2,1-3H3. The largest absolute Gasteiger partial charge is 0.493 e. The van der Waals surface area contributed by atoms with Gasteiger partial charge in [-0.25, -0.2) is 0 Å². The van der Waals surface area contributed by atoms with Crippen molar-refractivity contribution in [3.8, 4) is 5.75 Å². The summed E-state index contributed by atoms with van der Waals surface area (Å²) in [5.41, 5.74) is 1.50. The minimum Gasteiger partial charge on any atom is -0.493 e. The van der Waals surface area contributed by atoms with Gasteiger partial charge in [-0.05, 0) is 42.4 Å². The van der Waals surface area contributed by atoms with E-state index in [0.29, 0.717) is 0 Å². The number of aliphatic hydroxyl groups is 1. The van der Waals surface area contributed by atoms with Gasteiger partial charge < -0.3 is 9.84 Å². The van der Waals surface area contributed by atoms with Gasteiger partial charge in [-0.3, -0.25) is 0 Å². The van der Waals surface area contributed by atoms with Crippen LogP contribution in [0.5, 0.6) is 5.75 Å². The molecule has 0 aromatic heterocycles. The molecule has 96 valence electrons. The number of hydrogen-bond acceptors (Lipinski definition) is 2. The molecule has 0 aliphatic rings. The van der Waals surface area contributed by atoms with Crippen molar-refractivity contribution in [3.63, 3.8) is 0 Å². The predicted octanol–water partition coefficient (Wildman–Crippen LogP) is 3.43. The number of ether oxygens (including phenoxy) is 1. The van der Waals surface area contributed by atoms with E-state index in [4.69, 9.17) is 9.84 Å². The van der Waals surface area contributed by atoms with Gasteiger partial charge in [-0.2, -0.15) is 0 Å². The summed E-state index contributed by atoms with van der Waals surface area (Å²) in [4.78, 5) is 0. The van der Waals surface area contributed by atoms with Crippen molar-refractivity contribution in [2.75, 3.05) is 13.2 Å². The average Bonchev–Trinajstić information content (AvgIpc) is 2.27. The number of aliphatic hydroxyl groups excluding tert-OH is 1. The Labute approximate surface area is 105 Å². The van der Waals surface area contributed by atoms with Gasteiger partial charge in [0.2, 0.25) is 0 Å². The Bertz CT molecular complexity index is 309. The second-order valence-corrected chi connectivity index (χ2v) is 5.67. The first-order valence-electron chi connectivity index (χ1n) is 6.34. The molecule has 0 saturated heterocycles. The summed E-state index contributed by atoms with van der Waals surface area (Å²) in [7, 11) is 0. The van der Waals surface area contributed by atoms with E-state index in [1.54, 1.807) is 0 Å². The summed E-state index contributed by atoms with van der Waals surface area (Å²) in [5.74, 6) is 0.936. The second-order valence-electron chi connectivity index (χ2n) is 5.67. The first kappa shape index (κ1) is 14.0.